The Bertz CT molecular complexity index is 386. The standard InChI is InChI=1S/C12H19N3O2/c1-12(2,3)11-9(5-13-8-15-11)6-14-10(16)7-17-4/h5,8H,6-7H2,1-4H3,(H,14,16). The van der Waals surface area contributed by atoms with Crippen LogP contribution < -0.4 is 5.32 Å². The number of hydrogen-bond donors (Lipinski definition) is 1. The molecule has 0 radical (unpaired) electrons. The molecule has 0 aliphatic heterocycles. The van der Waals surface area contributed by atoms with Crippen LogP contribution in [-0.4, -0.2) is 29.6 Å². The molecule has 0 spiro atoms. The predicted octanol–water partition coefficient (Wildman–Crippen LogP) is 1.04. The van der Waals surface area contributed by atoms with Gasteiger partial charge in [-0.05, 0) is 0 Å². The van der Waals surface area contributed by atoms with E-state index in [1.165, 1.54) is 13.4 Å². The zero-order valence-corrected chi connectivity index (χ0v) is 10.8. The minimum atomic E-state index is -0.142. The van der Waals surface area contributed by atoms with E-state index in [1.54, 1.807) is 6.20 Å². The molecular weight excluding hydrogens is 218 g/mol. The summed E-state index contributed by atoms with van der Waals surface area (Å²) in [6.07, 6.45) is 3.27. The van der Waals surface area contributed by atoms with Crippen LogP contribution in [0.1, 0.15) is 32.0 Å². The molecule has 5 nitrogen and oxygen atoms in total. The summed E-state index contributed by atoms with van der Waals surface area (Å²) >= 11 is 0. The number of carbonyl (C=O) groups is 1. The number of aromatic nitrogens is 2. The zero-order chi connectivity index (χ0) is 12.9. The highest BCUT2D eigenvalue weighted by atomic mass is 16.5. The van der Waals surface area contributed by atoms with Crippen molar-refractivity contribution in [3.63, 3.8) is 0 Å². The molecule has 1 aromatic rings. The fourth-order valence-corrected chi connectivity index (χ4v) is 1.54. The van der Waals surface area contributed by atoms with Crippen molar-refractivity contribution in [2.45, 2.75) is 32.7 Å². The Labute approximate surface area is 102 Å². The Kier molecular flexibility index (Phi) is 4.57. The third kappa shape index (κ3) is 4.11. The number of hydrogen-bond acceptors (Lipinski definition) is 4. The molecule has 1 rings (SSSR count). The molecule has 0 fully saturated rings. The van der Waals surface area contributed by atoms with Crippen molar-refractivity contribution in [3.05, 3.63) is 23.8 Å². The quantitative estimate of drug-likeness (QED) is 0.849. The molecule has 1 amide bonds. The van der Waals surface area contributed by atoms with Crippen LogP contribution in [0.15, 0.2) is 12.5 Å². The van der Waals surface area contributed by atoms with Gasteiger partial charge in [0, 0.05) is 30.8 Å². The van der Waals surface area contributed by atoms with Crippen molar-refractivity contribution in [2.24, 2.45) is 0 Å². The van der Waals surface area contributed by atoms with Crippen molar-refractivity contribution in [3.8, 4) is 0 Å². The van der Waals surface area contributed by atoms with E-state index < -0.39 is 0 Å². The van der Waals surface area contributed by atoms with Crippen molar-refractivity contribution >= 4 is 5.91 Å². The summed E-state index contributed by atoms with van der Waals surface area (Å²) in [5.41, 5.74) is 1.82. The molecule has 0 aromatic carbocycles. The molecule has 5 heteroatoms. The maximum atomic E-state index is 11.3. The van der Waals surface area contributed by atoms with Gasteiger partial charge in [0.1, 0.15) is 12.9 Å². The molecule has 1 heterocycles. The highest BCUT2D eigenvalue weighted by Crippen LogP contribution is 2.22. The lowest BCUT2D eigenvalue weighted by molar-refractivity contribution is -0.124. The second-order valence-corrected chi connectivity index (χ2v) is 4.86. The molecule has 0 atom stereocenters. The van der Waals surface area contributed by atoms with E-state index in [9.17, 15) is 4.79 Å². The van der Waals surface area contributed by atoms with E-state index in [-0.39, 0.29) is 17.9 Å². The normalized spacial score (nSPS) is 11.3. The monoisotopic (exact) mass is 237 g/mol. The Hall–Kier alpha value is -1.49. The fourth-order valence-electron chi connectivity index (χ4n) is 1.54. The average Bonchev–Trinajstić information content (AvgIpc) is 2.26. The predicted molar refractivity (Wildman–Crippen MR) is 64.5 cm³/mol. The van der Waals surface area contributed by atoms with E-state index in [0.717, 1.165) is 11.3 Å². The van der Waals surface area contributed by atoms with Crippen molar-refractivity contribution < 1.29 is 9.53 Å². The maximum Gasteiger partial charge on any atom is 0.246 e. The first-order chi connectivity index (χ1) is 7.95. The molecule has 0 saturated carbocycles. The third-order valence-electron chi connectivity index (χ3n) is 2.25. The number of carbonyl (C=O) groups excluding carboxylic acids is 1. The minimum Gasteiger partial charge on any atom is -0.375 e. The van der Waals surface area contributed by atoms with Gasteiger partial charge in [0.25, 0.3) is 0 Å². The Morgan fingerprint density at radius 3 is 2.76 bits per heavy atom. The summed E-state index contributed by atoms with van der Waals surface area (Å²) in [5.74, 6) is -0.142. The van der Waals surface area contributed by atoms with Gasteiger partial charge in [0.05, 0.1) is 5.69 Å². The molecule has 94 valence electrons. The Morgan fingerprint density at radius 1 is 1.47 bits per heavy atom. The lowest BCUT2D eigenvalue weighted by Crippen LogP contribution is -2.28. The number of methoxy groups -OCH3 is 1. The van der Waals surface area contributed by atoms with Gasteiger partial charge in [-0.1, -0.05) is 20.8 Å². The average molecular weight is 237 g/mol. The van der Waals surface area contributed by atoms with Crippen LogP contribution >= 0.6 is 0 Å². The summed E-state index contributed by atoms with van der Waals surface area (Å²) in [6, 6.07) is 0. The van der Waals surface area contributed by atoms with Gasteiger partial charge >= 0.3 is 0 Å². The first-order valence-corrected chi connectivity index (χ1v) is 5.50. The zero-order valence-electron chi connectivity index (χ0n) is 10.8. The molecule has 0 bridgehead atoms. The van der Waals surface area contributed by atoms with Gasteiger partial charge in [-0.2, -0.15) is 0 Å². The second-order valence-electron chi connectivity index (χ2n) is 4.86. The van der Waals surface area contributed by atoms with Crippen molar-refractivity contribution in [1.29, 1.82) is 0 Å². The lowest BCUT2D eigenvalue weighted by atomic mass is 9.89. The van der Waals surface area contributed by atoms with Crippen LogP contribution in [-0.2, 0) is 21.5 Å². The molecule has 17 heavy (non-hydrogen) atoms. The van der Waals surface area contributed by atoms with E-state index in [0.29, 0.717) is 6.54 Å². The van der Waals surface area contributed by atoms with Gasteiger partial charge in [-0.25, -0.2) is 9.97 Å². The molecule has 0 aliphatic carbocycles. The largest absolute Gasteiger partial charge is 0.375 e. The number of amides is 1. The second kappa shape index (κ2) is 5.72. The summed E-state index contributed by atoms with van der Waals surface area (Å²) < 4.78 is 4.75. The van der Waals surface area contributed by atoms with Gasteiger partial charge < -0.3 is 10.1 Å². The van der Waals surface area contributed by atoms with E-state index in [2.05, 4.69) is 36.1 Å². The number of nitrogens with one attached hydrogen (secondary N) is 1. The van der Waals surface area contributed by atoms with Gasteiger partial charge in [0.2, 0.25) is 5.91 Å². The maximum absolute atomic E-state index is 11.3. The van der Waals surface area contributed by atoms with Crippen LogP contribution in [0.25, 0.3) is 0 Å². The molecule has 0 unspecified atom stereocenters. The van der Waals surface area contributed by atoms with Crippen LogP contribution in [0.4, 0.5) is 0 Å². The first-order valence-electron chi connectivity index (χ1n) is 5.50. The lowest BCUT2D eigenvalue weighted by Gasteiger charge is -2.20. The summed E-state index contributed by atoms with van der Waals surface area (Å²) in [5, 5.41) is 2.77. The third-order valence-corrected chi connectivity index (χ3v) is 2.25. The van der Waals surface area contributed by atoms with E-state index in [1.807, 2.05) is 0 Å². The van der Waals surface area contributed by atoms with Crippen LogP contribution in [0, 0.1) is 0 Å². The highest BCUT2D eigenvalue weighted by Gasteiger charge is 2.19. The Morgan fingerprint density at radius 2 is 2.18 bits per heavy atom. The summed E-state index contributed by atoms with van der Waals surface area (Å²) in [6.45, 7) is 6.73. The molecule has 0 saturated heterocycles. The van der Waals surface area contributed by atoms with Crippen LogP contribution in [0.5, 0.6) is 0 Å². The molecule has 1 aromatic heterocycles. The highest BCUT2D eigenvalue weighted by molar-refractivity contribution is 5.77. The number of nitrogens with zero attached hydrogens (tertiary/aromatic N) is 2. The number of ether oxygens (including phenoxy) is 1. The van der Waals surface area contributed by atoms with Crippen molar-refractivity contribution in [1.82, 2.24) is 15.3 Å². The van der Waals surface area contributed by atoms with E-state index >= 15 is 0 Å². The summed E-state index contributed by atoms with van der Waals surface area (Å²) in [4.78, 5) is 19.6. The summed E-state index contributed by atoms with van der Waals surface area (Å²) in [7, 11) is 1.49. The van der Waals surface area contributed by atoms with Gasteiger partial charge in [-0.3, -0.25) is 4.79 Å². The topological polar surface area (TPSA) is 64.1 Å². The van der Waals surface area contributed by atoms with Gasteiger partial charge in [0.15, 0.2) is 0 Å². The van der Waals surface area contributed by atoms with Crippen LogP contribution in [0.3, 0.4) is 0 Å². The minimum absolute atomic E-state index is 0.0652. The SMILES string of the molecule is COCC(=O)NCc1cncnc1C(C)(C)C. The first kappa shape index (κ1) is 13.6. The smallest absolute Gasteiger partial charge is 0.246 e. The molecule has 1 N–H and O–H groups in total. The Balaban J connectivity index is 2.74. The van der Waals surface area contributed by atoms with Gasteiger partial charge in [-0.15, -0.1) is 0 Å². The molecular formula is C12H19N3O2. The molecule has 0 aliphatic rings. The number of rotatable bonds is 4. The van der Waals surface area contributed by atoms with E-state index in [4.69, 9.17) is 4.74 Å². The van der Waals surface area contributed by atoms with Crippen LogP contribution in [0.2, 0.25) is 0 Å². The fraction of sp³-hybridized carbons (Fsp3) is 0.583. The van der Waals surface area contributed by atoms with Crippen molar-refractivity contribution in [2.75, 3.05) is 13.7 Å².